The molecule has 2 aromatic heterocycles. The van der Waals surface area contributed by atoms with Crippen LogP contribution in [-0.2, 0) is 4.74 Å². The first-order valence-corrected chi connectivity index (χ1v) is 9.96. The zero-order valence-electron chi connectivity index (χ0n) is 16.8. The summed E-state index contributed by atoms with van der Waals surface area (Å²) in [7, 11) is 0. The van der Waals surface area contributed by atoms with Crippen molar-refractivity contribution in [3.63, 3.8) is 0 Å². The Morgan fingerprint density at radius 2 is 1.94 bits per heavy atom. The van der Waals surface area contributed by atoms with Gasteiger partial charge in [0.25, 0.3) is 0 Å². The Morgan fingerprint density at radius 3 is 2.75 bits per heavy atom. The number of imidazole rings is 1. The third-order valence-corrected chi connectivity index (χ3v) is 5.43. The lowest BCUT2D eigenvalue weighted by Gasteiger charge is -2.16. The number of aliphatic hydroxyl groups is 3. The number of aliphatic hydroxyl groups excluding tert-OH is 3. The van der Waals surface area contributed by atoms with Gasteiger partial charge in [-0.1, -0.05) is 42.5 Å². The molecule has 11 nitrogen and oxygen atoms in total. The first-order valence-electron chi connectivity index (χ1n) is 9.96. The first-order chi connectivity index (χ1) is 15.6. The zero-order chi connectivity index (χ0) is 22.2. The summed E-state index contributed by atoms with van der Waals surface area (Å²) < 4.78 is 7.01. The molecule has 0 bridgehead atoms. The second-order valence-corrected chi connectivity index (χ2v) is 7.42. The molecule has 32 heavy (non-hydrogen) atoms. The lowest BCUT2D eigenvalue weighted by molar-refractivity contribution is -0.0511. The third-order valence-electron chi connectivity index (χ3n) is 5.43. The monoisotopic (exact) mass is 435 g/mol. The number of anilines is 2. The van der Waals surface area contributed by atoms with Gasteiger partial charge < -0.3 is 25.8 Å². The van der Waals surface area contributed by atoms with E-state index in [1.54, 1.807) is 6.21 Å². The number of nitrogens with two attached hydrogens (primary N) is 1. The van der Waals surface area contributed by atoms with Crippen molar-refractivity contribution < 1.29 is 20.1 Å². The molecule has 4 atom stereocenters. The summed E-state index contributed by atoms with van der Waals surface area (Å²) in [5.41, 5.74) is 10.3. The van der Waals surface area contributed by atoms with E-state index in [9.17, 15) is 15.3 Å². The number of fused-ring (bicyclic) bond motifs is 2. The van der Waals surface area contributed by atoms with Gasteiger partial charge in [-0.05, 0) is 10.8 Å². The van der Waals surface area contributed by atoms with Crippen LogP contribution in [0.3, 0.4) is 0 Å². The van der Waals surface area contributed by atoms with Crippen LogP contribution in [-0.4, -0.2) is 66.0 Å². The molecule has 11 heteroatoms. The second kappa shape index (κ2) is 8.13. The predicted octanol–water partition coefficient (Wildman–Crippen LogP) is 0.619. The topological polar surface area (TPSA) is 164 Å². The average molecular weight is 435 g/mol. The number of benzene rings is 2. The third kappa shape index (κ3) is 3.42. The molecular weight excluding hydrogens is 414 g/mol. The Hall–Kier alpha value is -3.64. The Balaban J connectivity index is 1.44. The predicted molar refractivity (Wildman–Crippen MR) is 118 cm³/mol. The molecule has 5 rings (SSSR count). The summed E-state index contributed by atoms with van der Waals surface area (Å²) in [6, 6.07) is 13.9. The molecule has 1 aliphatic rings. The largest absolute Gasteiger partial charge is 0.394 e. The summed E-state index contributed by atoms with van der Waals surface area (Å²) in [6.07, 6.45) is -1.39. The number of rotatable bonds is 5. The van der Waals surface area contributed by atoms with Gasteiger partial charge in [-0.15, -0.1) is 0 Å². The molecular formula is C21H21N7O4. The van der Waals surface area contributed by atoms with E-state index in [0.717, 1.165) is 16.3 Å². The number of nitrogens with zero attached hydrogens (tertiary/aromatic N) is 5. The molecule has 0 spiro atoms. The number of aromatic nitrogens is 4. The van der Waals surface area contributed by atoms with Crippen LogP contribution in [0.5, 0.6) is 0 Å². The van der Waals surface area contributed by atoms with Crippen molar-refractivity contribution in [3.05, 3.63) is 54.4 Å². The van der Waals surface area contributed by atoms with E-state index in [4.69, 9.17) is 10.5 Å². The Kier molecular flexibility index (Phi) is 5.15. The molecule has 0 radical (unpaired) electrons. The van der Waals surface area contributed by atoms with Crippen LogP contribution in [0.15, 0.2) is 53.9 Å². The summed E-state index contributed by atoms with van der Waals surface area (Å²) in [5.74, 6) is 0.239. The molecule has 2 aromatic carbocycles. The number of ether oxygens (including phenoxy) is 1. The highest BCUT2D eigenvalue weighted by Gasteiger charge is 2.44. The van der Waals surface area contributed by atoms with Crippen LogP contribution >= 0.6 is 0 Å². The minimum atomic E-state index is -1.28. The van der Waals surface area contributed by atoms with Crippen LogP contribution in [0.1, 0.15) is 11.8 Å². The van der Waals surface area contributed by atoms with E-state index in [0.29, 0.717) is 5.52 Å². The van der Waals surface area contributed by atoms with Gasteiger partial charge in [0, 0.05) is 5.56 Å². The molecule has 1 aliphatic heterocycles. The number of nitrogen functional groups attached to an aromatic ring is 1. The lowest BCUT2D eigenvalue weighted by atomic mass is 10.1. The molecule has 0 aliphatic carbocycles. The molecule has 1 saturated heterocycles. The quantitative estimate of drug-likeness (QED) is 0.223. The molecule has 0 unspecified atom stereocenters. The van der Waals surface area contributed by atoms with Crippen molar-refractivity contribution >= 4 is 39.9 Å². The fourth-order valence-corrected chi connectivity index (χ4v) is 3.81. The summed E-state index contributed by atoms with van der Waals surface area (Å²) >= 11 is 0. The van der Waals surface area contributed by atoms with Crippen molar-refractivity contribution in [1.82, 2.24) is 19.5 Å². The maximum absolute atomic E-state index is 10.3. The van der Waals surface area contributed by atoms with Gasteiger partial charge in [-0.2, -0.15) is 15.1 Å². The summed E-state index contributed by atoms with van der Waals surface area (Å²) in [6.45, 7) is -0.436. The minimum Gasteiger partial charge on any atom is -0.394 e. The van der Waals surface area contributed by atoms with Crippen molar-refractivity contribution in [3.8, 4) is 0 Å². The van der Waals surface area contributed by atoms with Crippen LogP contribution in [0, 0.1) is 0 Å². The summed E-state index contributed by atoms with van der Waals surface area (Å²) in [4.78, 5) is 12.8. The van der Waals surface area contributed by atoms with E-state index in [-0.39, 0.29) is 17.4 Å². The highest BCUT2D eigenvalue weighted by atomic mass is 16.6. The molecule has 0 saturated carbocycles. The van der Waals surface area contributed by atoms with Crippen LogP contribution < -0.4 is 11.2 Å². The first kappa shape index (κ1) is 20.3. The van der Waals surface area contributed by atoms with Crippen LogP contribution in [0.25, 0.3) is 21.9 Å². The second-order valence-electron chi connectivity index (χ2n) is 7.42. The lowest BCUT2D eigenvalue weighted by Crippen LogP contribution is -2.33. The smallest absolute Gasteiger partial charge is 0.247 e. The van der Waals surface area contributed by atoms with Gasteiger partial charge in [0.2, 0.25) is 5.95 Å². The summed E-state index contributed by atoms with van der Waals surface area (Å²) in [5, 5.41) is 36.1. The molecule has 6 N–H and O–H groups in total. The van der Waals surface area contributed by atoms with E-state index in [2.05, 4.69) is 25.5 Å². The highest BCUT2D eigenvalue weighted by molar-refractivity contribution is 5.99. The van der Waals surface area contributed by atoms with Crippen molar-refractivity contribution in [2.24, 2.45) is 5.10 Å². The molecule has 1 fully saturated rings. The van der Waals surface area contributed by atoms with E-state index in [1.807, 2.05) is 42.5 Å². The van der Waals surface area contributed by atoms with E-state index in [1.165, 1.54) is 10.9 Å². The van der Waals surface area contributed by atoms with Gasteiger partial charge >= 0.3 is 0 Å². The highest BCUT2D eigenvalue weighted by Crippen LogP contribution is 2.32. The average Bonchev–Trinajstić information content (AvgIpc) is 3.35. The van der Waals surface area contributed by atoms with Gasteiger partial charge in [0.15, 0.2) is 17.7 Å². The van der Waals surface area contributed by atoms with Gasteiger partial charge in [-0.25, -0.2) is 10.4 Å². The minimum absolute atomic E-state index is 0.114. The van der Waals surface area contributed by atoms with Gasteiger partial charge in [0.05, 0.1) is 19.1 Å². The maximum atomic E-state index is 10.3. The molecule has 4 aromatic rings. The number of nitrogens with one attached hydrogen (secondary N) is 1. The standard InChI is InChI=1S/C21H21N7O4/c22-18-15-19(28(10-23-15)20-17(31)16(30)14(9-29)32-20)26-21(25-18)27-24-8-12-6-3-5-11-4-1-2-7-13(11)12/h1-8,10,14,16-17,20,29-31H,9H2,(H3,22,25,26,27)/b24-8+/t14-,16-,17-,20-/m1/s1. The normalized spacial score (nSPS) is 23.5. The van der Waals surface area contributed by atoms with Crippen LogP contribution in [0.4, 0.5) is 11.8 Å². The van der Waals surface area contributed by atoms with Crippen LogP contribution in [0.2, 0.25) is 0 Å². The van der Waals surface area contributed by atoms with Crippen molar-refractivity contribution in [2.75, 3.05) is 17.8 Å². The molecule has 3 heterocycles. The van der Waals surface area contributed by atoms with Crippen molar-refractivity contribution in [2.45, 2.75) is 24.5 Å². The number of hydrogen-bond acceptors (Lipinski definition) is 10. The van der Waals surface area contributed by atoms with Crippen molar-refractivity contribution in [1.29, 1.82) is 0 Å². The fraction of sp³-hybridized carbons (Fsp3) is 0.238. The van der Waals surface area contributed by atoms with Gasteiger partial charge in [0.1, 0.15) is 23.8 Å². The zero-order valence-corrected chi connectivity index (χ0v) is 16.8. The number of hydrazone groups is 1. The number of hydrogen-bond donors (Lipinski definition) is 5. The Labute approximate surface area is 181 Å². The fourth-order valence-electron chi connectivity index (χ4n) is 3.81. The Morgan fingerprint density at radius 1 is 1.12 bits per heavy atom. The van der Waals surface area contributed by atoms with E-state index < -0.39 is 31.1 Å². The maximum Gasteiger partial charge on any atom is 0.247 e. The van der Waals surface area contributed by atoms with Gasteiger partial charge in [-0.3, -0.25) is 4.57 Å². The SMILES string of the molecule is Nc1nc(N/N=C/c2cccc3ccccc23)nc2c1ncn2[C@@H]1O[C@H](CO)[C@@H](O)[C@H]1O. The van der Waals surface area contributed by atoms with E-state index >= 15 is 0 Å². The molecule has 164 valence electrons. The molecule has 0 amide bonds. The Bertz CT molecular complexity index is 1300.